The summed E-state index contributed by atoms with van der Waals surface area (Å²) in [6.45, 7) is 10.6. The lowest BCUT2D eigenvalue weighted by Gasteiger charge is -2.34. The van der Waals surface area contributed by atoms with Crippen molar-refractivity contribution < 1.29 is 24.1 Å². The van der Waals surface area contributed by atoms with Crippen LogP contribution in [-0.2, 0) is 18.9 Å². The van der Waals surface area contributed by atoms with Crippen molar-refractivity contribution in [1.82, 2.24) is 0 Å². The smallest absolute Gasteiger partial charge is 0.164 e. The van der Waals surface area contributed by atoms with Gasteiger partial charge in [-0.2, -0.15) is 4.91 Å². The van der Waals surface area contributed by atoms with Crippen molar-refractivity contribution in [1.29, 1.82) is 0 Å². The number of rotatable bonds is 11. The molecule has 1 N–H and O–H groups in total. The second-order valence-corrected chi connectivity index (χ2v) is 8.60. The van der Waals surface area contributed by atoms with E-state index in [-0.39, 0.29) is 24.0 Å². The molecular weight excluding hydrogens is 326 g/mol. The monoisotopic (exact) mass is 361 g/mol. The molecule has 0 amide bonds. The van der Waals surface area contributed by atoms with Crippen LogP contribution in [0.25, 0.3) is 0 Å². The van der Waals surface area contributed by atoms with Crippen molar-refractivity contribution in [3.05, 3.63) is 4.91 Å². The van der Waals surface area contributed by atoms with E-state index in [9.17, 15) is 10.0 Å². The van der Waals surface area contributed by atoms with E-state index < -0.39 is 11.7 Å². The molecular formula is C18H35NO6. The van der Waals surface area contributed by atoms with E-state index >= 15 is 0 Å². The highest BCUT2D eigenvalue weighted by Crippen LogP contribution is 2.35. The zero-order valence-corrected chi connectivity index (χ0v) is 16.4. The third-order valence-corrected chi connectivity index (χ3v) is 4.72. The van der Waals surface area contributed by atoms with Crippen LogP contribution in [0.5, 0.6) is 0 Å². The molecule has 0 bridgehead atoms. The number of methoxy groups -OCH3 is 1. The Morgan fingerprint density at radius 2 is 2.00 bits per heavy atom. The van der Waals surface area contributed by atoms with Crippen LogP contribution in [0, 0.1) is 21.2 Å². The molecule has 148 valence electrons. The molecule has 0 aromatic rings. The number of ether oxygens (including phenoxy) is 4. The SMILES string of the molecule is COCCC1(COCC(C)(C)CN=O)CCOC(C(C)(C)CO)OC1. The van der Waals surface area contributed by atoms with Gasteiger partial charge < -0.3 is 24.1 Å². The maximum absolute atomic E-state index is 10.5. The summed E-state index contributed by atoms with van der Waals surface area (Å²) in [6.07, 6.45) is 1.14. The lowest BCUT2D eigenvalue weighted by Crippen LogP contribution is -2.39. The summed E-state index contributed by atoms with van der Waals surface area (Å²) >= 11 is 0. The van der Waals surface area contributed by atoms with Gasteiger partial charge in [0.1, 0.15) is 0 Å². The maximum Gasteiger partial charge on any atom is 0.164 e. The van der Waals surface area contributed by atoms with Gasteiger partial charge in [0.25, 0.3) is 0 Å². The van der Waals surface area contributed by atoms with Crippen molar-refractivity contribution in [2.75, 3.05) is 53.3 Å². The summed E-state index contributed by atoms with van der Waals surface area (Å²) in [4.78, 5) is 10.5. The minimum absolute atomic E-state index is 0.00782. The molecule has 7 heteroatoms. The minimum Gasteiger partial charge on any atom is -0.396 e. The fraction of sp³-hybridized carbons (Fsp3) is 1.00. The summed E-state index contributed by atoms with van der Waals surface area (Å²) < 4.78 is 23.1. The Morgan fingerprint density at radius 3 is 2.60 bits per heavy atom. The molecule has 7 nitrogen and oxygen atoms in total. The van der Waals surface area contributed by atoms with Gasteiger partial charge >= 0.3 is 0 Å². The predicted octanol–water partition coefficient (Wildman–Crippen LogP) is 2.60. The zero-order chi connectivity index (χ0) is 19.0. The third kappa shape index (κ3) is 7.27. The first-order valence-electron chi connectivity index (χ1n) is 8.90. The molecule has 0 saturated carbocycles. The van der Waals surface area contributed by atoms with Gasteiger partial charge in [-0.15, -0.1) is 0 Å². The first kappa shape index (κ1) is 22.4. The molecule has 1 rings (SSSR count). The highest BCUT2D eigenvalue weighted by atomic mass is 16.7. The summed E-state index contributed by atoms with van der Waals surface area (Å²) in [5.74, 6) is 0. The van der Waals surface area contributed by atoms with Crippen LogP contribution >= 0.6 is 0 Å². The minimum atomic E-state index is -0.462. The van der Waals surface area contributed by atoms with Crippen LogP contribution in [0.4, 0.5) is 0 Å². The van der Waals surface area contributed by atoms with Gasteiger partial charge in [0.15, 0.2) is 6.29 Å². The van der Waals surface area contributed by atoms with Crippen LogP contribution in [0.15, 0.2) is 5.18 Å². The maximum atomic E-state index is 10.5. The first-order valence-corrected chi connectivity index (χ1v) is 8.90. The Balaban J connectivity index is 2.70. The number of nitrogens with zero attached hydrogens (tertiary/aromatic N) is 1. The number of aliphatic hydroxyl groups is 1. The first-order chi connectivity index (χ1) is 11.7. The molecule has 0 radical (unpaired) electrons. The highest BCUT2D eigenvalue weighted by molar-refractivity contribution is 4.84. The van der Waals surface area contributed by atoms with Crippen molar-refractivity contribution >= 4 is 0 Å². The van der Waals surface area contributed by atoms with Crippen molar-refractivity contribution in [3.8, 4) is 0 Å². The Hall–Kier alpha value is -0.600. The van der Waals surface area contributed by atoms with Gasteiger partial charge in [-0.1, -0.05) is 32.9 Å². The van der Waals surface area contributed by atoms with Crippen LogP contribution in [-0.4, -0.2) is 64.7 Å². The molecule has 1 heterocycles. The van der Waals surface area contributed by atoms with Crippen LogP contribution in [0.2, 0.25) is 0 Å². The molecule has 0 aliphatic carbocycles. The van der Waals surface area contributed by atoms with Gasteiger partial charge in [-0.25, -0.2) is 0 Å². The summed E-state index contributed by atoms with van der Waals surface area (Å²) in [5.41, 5.74) is -0.954. The number of nitroso groups, excluding NO2 is 1. The lowest BCUT2D eigenvalue weighted by molar-refractivity contribution is -0.202. The molecule has 2 atom stereocenters. The average molecular weight is 361 g/mol. The normalized spacial score (nSPS) is 25.6. The van der Waals surface area contributed by atoms with E-state index in [2.05, 4.69) is 5.18 Å². The second kappa shape index (κ2) is 9.92. The van der Waals surface area contributed by atoms with E-state index in [0.717, 1.165) is 12.8 Å². The van der Waals surface area contributed by atoms with Gasteiger partial charge in [0, 0.05) is 30.0 Å². The van der Waals surface area contributed by atoms with Crippen molar-refractivity contribution in [3.63, 3.8) is 0 Å². The second-order valence-electron chi connectivity index (χ2n) is 8.60. The van der Waals surface area contributed by atoms with Crippen LogP contribution < -0.4 is 0 Å². The quantitative estimate of drug-likeness (QED) is 0.569. The molecule has 1 aliphatic rings. The van der Waals surface area contributed by atoms with E-state index in [4.69, 9.17) is 18.9 Å². The molecule has 1 saturated heterocycles. The molecule has 25 heavy (non-hydrogen) atoms. The van der Waals surface area contributed by atoms with Crippen molar-refractivity contribution in [2.45, 2.75) is 46.8 Å². The summed E-state index contributed by atoms with van der Waals surface area (Å²) in [5, 5.41) is 12.5. The Bertz CT molecular complexity index is 401. The predicted molar refractivity (Wildman–Crippen MR) is 95.4 cm³/mol. The average Bonchev–Trinajstić information content (AvgIpc) is 2.76. The van der Waals surface area contributed by atoms with E-state index in [0.29, 0.717) is 33.0 Å². The van der Waals surface area contributed by atoms with Gasteiger partial charge in [0.05, 0.1) is 39.6 Å². The summed E-state index contributed by atoms with van der Waals surface area (Å²) in [6, 6.07) is 0. The van der Waals surface area contributed by atoms with E-state index in [1.807, 2.05) is 27.7 Å². The Kier molecular flexibility index (Phi) is 8.91. The molecule has 0 aromatic carbocycles. The summed E-state index contributed by atoms with van der Waals surface area (Å²) in [7, 11) is 1.68. The van der Waals surface area contributed by atoms with Crippen LogP contribution in [0.3, 0.4) is 0 Å². The molecule has 0 spiro atoms. The molecule has 1 aliphatic heterocycles. The van der Waals surface area contributed by atoms with Gasteiger partial charge in [-0.05, 0) is 12.8 Å². The largest absolute Gasteiger partial charge is 0.396 e. The number of hydrogen-bond donors (Lipinski definition) is 1. The zero-order valence-electron chi connectivity index (χ0n) is 16.4. The molecule has 2 unspecified atom stereocenters. The van der Waals surface area contributed by atoms with Crippen LogP contribution in [0.1, 0.15) is 40.5 Å². The highest BCUT2D eigenvalue weighted by Gasteiger charge is 2.39. The lowest BCUT2D eigenvalue weighted by atomic mass is 9.83. The van der Waals surface area contributed by atoms with Gasteiger partial charge in [-0.3, -0.25) is 0 Å². The van der Waals surface area contributed by atoms with E-state index in [1.54, 1.807) is 7.11 Å². The number of hydrogen-bond acceptors (Lipinski definition) is 7. The third-order valence-electron chi connectivity index (χ3n) is 4.72. The van der Waals surface area contributed by atoms with E-state index in [1.165, 1.54) is 0 Å². The molecule has 0 aromatic heterocycles. The number of aliphatic hydroxyl groups excluding tert-OH is 1. The molecule has 1 fully saturated rings. The standard InChI is InChI=1S/C18H35NO6/c1-16(2,10-19-21)12-23-13-18(6-8-22-5)7-9-24-15(25-14-18)17(3,4)11-20/h15,20H,6-14H2,1-5H3. The topological polar surface area (TPSA) is 86.6 Å². The van der Waals surface area contributed by atoms with Crippen molar-refractivity contribution in [2.24, 2.45) is 21.4 Å². The van der Waals surface area contributed by atoms with Gasteiger partial charge in [0.2, 0.25) is 0 Å². The Morgan fingerprint density at radius 1 is 1.28 bits per heavy atom. The fourth-order valence-electron chi connectivity index (χ4n) is 2.75. The Labute approximate surface area is 151 Å². The fourth-order valence-corrected chi connectivity index (χ4v) is 2.75.